The lowest BCUT2D eigenvalue weighted by molar-refractivity contribution is 0.152. The molecule has 20 heavy (non-hydrogen) atoms. The molecule has 0 bridgehead atoms. The number of hydrogen-bond donors (Lipinski definition) is 2. The highest BCUT2D eigenvalue weighted by molar-refractivity contribution is 5.37. The van der Waals surface area contributed by atoms with Gasteiger partial charge in [-0.2, -0.15) is 0 Å². The molecule has 1 atom stereocenters. The Morgan fingerprint density at radius 3 is 2.90 bits per heavy atom. The van der Waals surface area contributed by atoms with Crippen molar-refractivity contribution in [2.24, 2.45) is 0 Å². The van der Waals surface area contributed by atoms with E-state index in [1.807, 2.05) is 0 Å². The van der Waals surface area contributed by atoms with Gasteiger partial charge in [0.1, 0.15) is 5.82 Å². The van der Waals surface area contributed by atoms with E-state index in [1.54, 1.807) is 12.1 Å². The van der Waals surface area contributed by atoms with Crippen LogP contribution >= 0.6 is 0 Å². The first-order valence-corrected chi connectivity index (χ1v) is 6.97. The second-order valence-electron chi connectivity index (χ2n) is 5.03. The molecule has 1 unspecified atom stereocenters. The van der Waals surface area contributed by atoms with E-state index in [9.17, 15) is 9.50 Å². The van der Waals surface area contributed by atoms with Crippen LogP contribution < -0.4 is 0 Å². The molecule has 0 spiro atoms. The van der Waals surface area contributed by atoms with Gasteiger partial charge in [0.25, 0.3) is 0 Å². The van der Waals surface area contributed by atoms with Crippen molar-refractivity contribution < 1.29 is 14.6 Å². The number of nitrogens with zero attached hydrogens (tertiary/aromatic N) is 1. The third kappa shape index (κ3) is 3.80. The molecule has 1 aliphatic rings. The van der Waals surface area contributed by atoms with Gasteiger partial charge in [0, 0.05) is 30.1 Å². The van der Waals surface area contributed by atoms with E-state index in [4.69, 9.17) is 5.11 Å². The maximum absolute atomic E-state index is 14.0. The summed E-state index contributed by atoms with van der Waals surface area (Å²) in [6.07, 6.45) is 2.43. The van der Waals surface area contributed by atoms with Gasteiger partial charge in [0.15, 0.2) is 0 Å². The minimum Gasteiger partial charge on any atom is -0.395 e. The van der Waals surface area contributed by atoms with Crippen LogP contribution in [0.2, 0.25) is 0 Å². The zero-order chi connectivity index (χ0) is 14.4. The van der Waals surface area contributed by atoms with Crippen molar-refractivity contribution in [3.63, 3.8) is 0 Å². The summed E-state index contributed by atoms with van der Waals surface area (Å²) >= 11 is 0. The average Bonchev–Trinajstić information content (AvgIpc) is 2.89. The number of halogens is 1. The summed E-state index contributed by atoms with van der Waals surface area (Å²) < 4.78 is 14.0. The molecule has 3 nitrogen and oxygen atoms in total. The molecule has 1 aromatic rings. The monoisotopic (exact) mass is 277 g/mol. The van der Waals surface area contributed by atoms with E-state index in [-0.39, 0.29) is 25.1 Å². The van der Waals surface area contributed by atoms with Crippen molar-refractivity contribution in [3.05, 3.63) is 35.1 Å². The van der Waals surface area contributed by atoms with Crippen molar-refractivity contribution in [3.8, 4) is 11.8 Å². The number of aliphatic hydroxyl groups excluding tert-OH is 2. The van der Waals surface area contributed by atoms with Crippen LogP contribution in [0.25, 0.3) is 0 Å². The fourth-order valence-corrected chi connectivity index (χ4v) is 2.50. The summed E-state index contributed by atoms with van der Waals surface area (Å²) in [5, 5.41) is 17.9. The number of rotatable bonds is 4. The smallest absolute Gasteiger partial charge is 0.128 e. The summed E-state index contributed by atoms with van der Waals surface area (Å²) in [6, 6.07) is 5.14. The molecule has 0 saturated carbocycles. The summed E-state index contributed by atoms with van der Waals surface area (Å²) in [4.78, 5) is 2.12. The number of hydrogen-bond acceptors (Lipinski definition) is 3. The first-order chi connectivity index (χ1) is 9.74. The maximum atomic E-state index is 14.0. The molecular formula is C16H20FNO2. The molecular weight excluding hydrogens is 257 g/mol. The van der Waals surface area contributed by atoms with Crippen molar-refractivity contribution in [1.82, 2.24) is 4.90 Å². The van der Waals surface area contributed by atoms with Crippen molar-refractivity contribution in [2.75, 3.05) is 19.8 Å². The molecule has 1 heterocycles. The Morgan fingerprint density at radius 2 is 2.20 bits per heavy atom. The second-order valence-corrected chi connectivity index (χ2v) is 5.03. The Labute approximate surface area is 119 Å². The largest absolute Gasteiger partial charge is 0.395 e. The molecule has 108 valence electrons. The molecule has 2 N–H and O–H groups in total. The fourth-order valence-electron chi connectivity index (χ4n) is 2.50. The summed E-state index contributed by atoms with van der Waals surface area (Å²) in [5.41, 5.74) is 1.26. The molecule has 0 aliphatic carbocycles. The molecule has 1 aromatic carbocycles. The minimum absolute atomic E-state index is 0.0189. The van der Waals surface area contributed by atoms with Gasteiger partial charge >= 0.3 is 0 Å². The van der Waals surface area contributed by atoms with Gasteiger partial charge in [-0.15, -0.1) is 0 Å². The average molecular weight is 277 g/mol. The summed E-state index contributed by atoms with van der Waals surface area (Å²) in [5.74, 6) is 5.34. The zero-order valence-electron chi connectivity index (χ0n) is 11.5. The highest BCUT2D eigenvalue weighted by Gasteiger charge is 2.24. The van der Waals surface area contributed by atoms with Crippen LogP contribution in [0.5, 0.6) is 0 Å². The van der Waals surface area contributed by atoms with Crippen LogP contribution in [0.3, 0.4) is 0 Å². The number of likely N-dealkylation sites (tertiary alicyclic amines) is 1. The van der Waals surface area contributed by atoms with Gasteiger partial charge in [-0.25, -0.2) is 4.39 Å². The molecule has 0 radical (unpaired) electrons. The molecule has 4 heteroatoms. The van der Waals surface area contributed by atoms with Gasteiger partial charge < -0.3 is 10.2 Å². The standard InChI is InChI=1S/C16H20FNO2/c17-16-10-13(4-1-2-9-19)6-7-14(16)11-18-8-3-5-15(18)12-20/h6-7,10,15,19-20H,2-3,5,8-9,11-12H2. The van der Waals surface area contributed by atoms with Crippen LogP contribution in [0.1, 0.15) is 30.4 Å². The van der Waals surface area contributed by atoms with Crippen LogP contribution in [0.15, 0.2) is 18.2 Å². The van der Waals surface area contributed by atoms with E-state index in [0.717, 1.165) is 19.4 Å². The first-order valence-electron chi connectivity index (χ1n) is 6.97. The van der Waals surface area contributed by atoms with E-state index in [2.05, 4.69) is 16.7 Å². The predicted octanol–water partition coefficient (Wildman–Crippen LogP) is 1.52. The van der Waals surface area contributed by atoms with Crippen molar-refractivity contribution in [2.45, 2.75) is 31.8 Å². The third-order valence-electron chi connectivity index (χ3n) is 3.61. The van der Waals surface area contributed by atoms with Crippen LogP contribution in [-0.4, -0.2) is 40.9 Å². The van der Waals surface area contributed by atoms with Gasteiger partial charge in [0.2, 0.25) is 0 Å². The minimum atomic E-state index is -0.260. The molecule has 1 aliphatic heterocycles. The highest BCUT2D eigenvalue weighted by Crippen LogP contribution is 2.21. The Balaban J connectivity index is 2.04. The molecule has 0 aromatic heterocycles. The highest BCUT2D eigenvalue weighted by atomic mass is 19.1. The lowest BCUT2D eigenvalue weighted by atomic mass is 10.1. The van der Waals surface area contributed by atoms with Gasteiger partial charge in [-0.1, -0.05) is 17.9 Å². The van der Waals surface area contributed by atoms with Crippen molar-refractivity contribution in [1.29, 1.82) is 0 Å². The lowest BCUT2D eigenvalue weighted by Crippen LogP contribution is -2.31. The summed E-state index contributed by atoms with van der Waals surface area (Å²) in [6.45, 7) is 1.58. The van der Waals surface area contributed by atoms with E-state index >= 15 is 0 Å². The second kappa shape index (κ2) is 7.39. The van der Waals surface area contributed by atoms with Gasteiger partial charge in [0.05, 0.1) is 13.2 Å². The Bertz CT molecular complexity index is 507. The SMILES string of the molecule is OCCC#Cc1ccc(CN2CCCC2CO)c(F)c1. The van der Waals surface area contributed by atoms with E-state index in [0.29, 0.717) is 24.1 Å². The van der Waals surface area contributed by atoms with Gasteiger partial charge in [-0.05, 0) is 31.5 Å². The molecule has 1 fully saturated rings. The van der Waals surface area contributed by atoms with E-state index < -0.39 is 0 Å². The Morgan fingerprint density at radius 1 is 1.35 bits per heavy atom. The summed E-state index contributed by atoms with van der Waals surface area (Å²) in [7, 11) is 0. The number of benzene rings is 1. The quantitative estimate of drug-likeness (QED) is 0.820. The number of aliphatic hydroxyl groups is 2. The molecule has 2 rings (SSSR count). The fraction of sp³-hybridized carbons (Fsp3) is 0.500. The van der Waals surface area contributed by atoms with Crippen LogP contribution in [-0.2, 0) is 6.54 Å². The molecule has 0 amide bonds. The van der Waals surface area contributed by atoms with Gasteiger partial charge in [-0.3, -0.25) is 4.90 Å². The first kappa shape index (κ1) is 15.0. The predicted molar refractivity (Wildman–Crippen MR) is 75.5 cm³/mol. The third-order valence-corrected chi connectivity index (χ3v) is 3.61. The van der Waals surface area contributed by atoms with Crippen molar-refractivity contribution >= 4 is 0 Å². The Hall–Kier alpha value is -1.41. The zero-order valence-corrected chi connectivity index (χ0v) is 11.5. The molecule has 1 saturated heterocycles. The topological polar surface area (TPSA) is 43.7 Å². The van der Waals surface area contributed by atoms with Crippen LogP contribution in [0, 0.1) is 17.7 Å². The lowest BCUT2D eigenvalue weighted by Gasteiger charge is -2.22. The Kier molecular flexibility index (Phi) is 5.54. The van der Waals surface area contributed by atoms with Crippen LogP contribution in [0.4, 0.5) is 4.39 Å². The van der Waals surface area contributed by atoms with E-state index in [1.165, 1.54) is 6.07 Å². The maximum Gasteiger partial charge on any atom is 0.128 e. The normalized spacial score (nSPS) is 18.9.